The zero-order chi connectivity index (χ0) is 46.9. The number of nitrogens with two attached hydrogens (primary N) is 1. The first-order valence-corrected chi connectivity index (χ1v) is 22.3. The Bertz CT molecular complexity index is 2350. The van der Waals surface area contributed by atoms with Crippen LogP contribution in [-0.2, 0) is 43.2 Å². The molecule has 4 N–H and O–H groups in total. The smallest absolute Gasteiger partial charge is 0.413 e. The van der Waals surface area contributed by atoms with E-state index in [1.54, 1.807) is 61.5 Å². The van der Waals surface area contributed by atoms with Crippen molar-refractivity contribution in [3.8, 4) is 0 Å². The second kappa shape index (κ2) is 21.0. The molecule has 0 spiro atoms. The molecule has 14 nitrogen and oxygen atoms in total. The molecule has 0 saturated heterocycles. The van der Waals surface area contributed by atoms with Gasteiger partial charge in [0, 0.05) is 40.5 Å². The molecule has 6 rings (SSSR count). The van der Waals surface area contributed by atoms with Crippen molar-refractivity contribution >= 4 is 57.4 Å². The highest BCUT2D eigenvalue weighted by atomic mass is 32.2. The Kier molecular flexibility index (Phi) is 16.2. The van der Waals surface area contributed by atoms with Gasteiger partial charge in [0.05, 0.1) is 30.3 Å². The Morgan fingerprint density at radius 3 is 1.53 bits per heavy atom. The van der Waals surface area contributed by atoms with Crippen LogP contribution in [0.1, 0.15) is 77.6 Å². The van der Waals surface area contributed by atoms with E-state index in [9.17, 15) is 28.5 Å². The summed E-state index contributed by atoms with van der Waals surface area (Å²) >= 11 is 2.56. The van der Waals surface area contributed by atoms with Crippen LogP contribution in [0.3, 0.4) is 0 Å². The number of alkyl carbamates (subject to hydrolysis) is 2. The topological polar surface area (TPSA) is 189 Å². The SMILES string of the molecule is CC(C)(C)OC(=O)NC1=N[C@](C)(c2cc(N)ccc2F)C(OCc2ccccc2)CS1.CC(C)(C)OC(=O)NC1=N[C@](C)(c2cc([N+](=O)[O-])ccc2F)C(OCc2ccccc2)CS1. The Morgan fingerprint density at radius 2 is 1.12 bits per heavy atom. The predicted molar refractivity (Wildman–Crippen MR) is 247 cm³/mol. The van der Waals surface area contributed by atoms with Crippen molar-refractivity contribution < 1.29 is 42.2 Å². The van der Waals surface area contributed by atoms with Crippen LogP contribution in [0.2, 0.25) is 0 Å². The molecular weight excluding hydrogens is 867 g/mol. The van der Waals surface area contributed by atoms with Gasteiger partial charge in [-0.1, -0.05) is 84.2 Å². The predicted octanol–water partition coefficient (Wildman–Crippen LogP) is 10.00. The van der Waals surface area contributed by atoms with Gasteiger partial charge in [-0.05, 0) is 90.8 Å². The standard InChI is InChI=1S/C23H26FN3O5S.C23H28FN3O3S/c1-22(2,3)32-21(28)25-20-26-23(4,17-12-16(27(29)30)10-11-18(17)24)19(14-33-20)31-13-15-8-6-5-7-9-15;1-22(2,3)30-21(28)26-20-27-23(4,17-12-16(25)10-11-18(17)24)19(14-31-20)29-13-15-8-6-5-7-9-15/h5-12,19H,13-14H2,1-4H3,(H,25,26,28);5-12,19H,13-14,25H2,1-4H3,(H,26,27,28)/t2*19?,23-/m11/s1. The second-order valence-electron chi connectivity index (χ2n) is 17.2. The number of benzene rings is 4. The summed E-state index contributed by atoms with van der Waals surface area (Å²) in [5.74, 6) is -0.285. The number of nitro benzene ring substituents is 1. The summed E-state index contributed by atoms with van der Waals surface area (Å²) in [6.45, 7) is 14.6. The number of hydrogen-bond acceptors (Lipinski definition) is 13. The fourth-order valence-electron chi connectivity index (χ4n) is 6.55. The van der Waals surface area contributed by atoms with Gasteiger partial charge in [0.2, 0.25) is 0 Å². The van der Waals surface area contributed by atoms with E-state index in [1.165, 1.54) is 41.7 Å². The van der Waals surface area contributed by atoms with Crippen molar-refractivity contribution in [1.82, 2.24) is 10.6 Å². The Labute approximate surface area is 380 Å². The zero-order valence-electron chi connectivity index (χ0n) is 37.0. The van der Waals surface area contributed by atoms with Gasteiger partial charge in [0.25, 0.3) is 5.69 Å². The maximum Gasteiger partial charge on any atom is 0.413 e. The molecule has 4 atom stereocenters. The van der Waals surface area contributed by atoms with E-state index in [0.29, 0.717) is 34.5 Å². The highest BCUT2D eigenvalue weighted by molar-refractivity contribution is 8.14. The fraction of sp³-hybridized carbons (Fsp3) is 0.391. The molecule has 2 aliphatic rings. The van der Waals surface area contributed by atoms with Crippen molar-refractivity contribution in [3.63, 3.8) is 0 Å². The minimum Gasteiger partial charge on any atom is -0.444 e. The first kappa shape index (κ1) is 49.5. The van der Waals surface area contributed by atoms with Gasteiger partial charge in [-0.3, -0.25) is 20.7 Å². The molecule has 0 aromatic heterocycles. The molecule has 342 valence electrons. The van der Waals surface area contributed by atoms with Crippen LogP contribution in [0.15, 0.2) is 107 Å². The molecule has 0 radical (unpaired) electrons. The Morgan fingerprint density at radius 1 is 0.719 bits per heavy atom. The number of hydrogen-bond donors (Lipinski definition) is 3. The molecule has 2 heterocycles. The fourth-order valence-corrected chi connectivity index (χ4v) is 8.83. The minimum atomic E-state index is -1.33. The molecule has 64 heavy (non-hydrogen) atoms. The molecule has 2 amide bonds. The Hall–Kier alpha value is -5.56. The number of nitrogens with zero attached hydrogens (tertiary/aromatic N) is 3. The molecule has 0 saturated carbocycles. The van der Waals surface area contributed by atoms with E-state index in [-0.39, 0.29) is 23.0 Å². The summed E-state index contributed by atoms with van der Waals surface area (Å²) in [7, 11) is 0. The van der Waals surface area contributed by atoms with E-state index in [0.717, 1.165) is 23.3 Å². The van der Waals surface area contributed by atoms with Gasteiger partial charge in [0.15, 0.2) is 10.3 Å². The lowest BCUT2D eigenvalue weighted by atomic mass is 9.86. The number of thioether (sulfide) groups is 2. The first-order chi connectivity index (χ1) is 30.0. The summed E-state index contributed by atoms with van der Waals surface area (Å²) in [5, 5.41) is 17.2. The van der Waals surface area contributed by atoms with Crippen molar-refractivity contribution in [1.29, 1.82) is 0 Å². The van der Waals surface area contributed by atoms with E-state index in [2.05, 4.69) is 15.6 Å². The third-order valence-corrected chi connectivity index (χ3v) is 11.6. The van der Waals surface area contributed by atoms with Gasteiger partial charge < -0.3 is 24.7 Å². The number of anilines is 1. The van der Waals surface area contributed by atoms with Crippen LogP contribution in [0.25, 0.3) is 0 Å². The molecule has 0 bridgehead atoms. The number of carbonyl (C=O) groups is 2. The lowest BCUT2D eigenvalue weighted by molar-refractivity contribution is -0.385. The van der Waals surface area contributed by atoms with Crippen molar-refractivity contribution in [2.24, 2.45) is 9.98 Å². The molecule has 2 aliphatic heterocycles. The molecular formula is C46H54F2N6O8S2. The van der Waals surface area contributed by atoms with Gasteiger partial charge in [-0.15, -0.1) is 0 Å². The highest BCUT2D eigenvalue weighted by Gasteiger charge is 2.45. The molecule has 0 aliphatic carbocycles. The lowest BCUT2D eigenvalue weighted by Crippen LogP contribution is -2.46. The van der Waals surface area contributed by atoms with Crippen LogP contribution in [0.4, 0.5) is 29.7 Å². The molecule has 0 fully saturated rings. The molecule has 2 unspecified atom stereocenters. The summed E-state index contributed by atoms with van der Waals surface area (Å²) < 4.78 is 52.7. The van der Waals surface area contributed by atoms with Crippen molar-refractivity contribution in [2.75, 3.05) is 17.2 Å². The average molecular weight is 921 g/mol. The van der Waals surface area contributed by atoms with Crippen LogP contribution in [0, 0.1) is 21.7 Å². The molecule has 4 aromatic rings. The number of amides is 2. The normalized spacial score (nSPS) is 21.0. The number of amidine groups is 2. The summed E-state index contributed by atoms with van der Waals surface area (Å²) in [6.07, 6.45) is -2.38. The van der Waals surface area contributed by atoms with E-state index in [4.69, 9.17) is 29.7 Å². The quantitative estimate of drug-likeness (QED) is 0.0823. The highest BCUT2D eigenvalue weighted by Crippen LogP contribution is 2.42. The summed E-state index contributed by atoms with van der Waals surface area (Å²) in [4.78, 5) is 44.5. The monoisotopic (exact) mass is 920 g/mol. The number of nitrogen functional groups attached to an aromatic ring is 1. The number of ether oxygens (including phenoxy) is 4. The number of rotatable bonds is 9. The van der Waals surface area contributed by atoms with Gasteiger partial charge >= 0.3 is 12.2 Å². The van der Waals surface area contributed by atoms with Gasteiger partial charge in [-0.25, -0.2) is 28.4 Å². The van der Waals surface area contributed by atoms with Crippen LogP contribution in [0.5, 0.6) is 0 Å². The summed E-state index contributed by atoms with van der Waals surface area (Å²) in [5.41, 5.74) is 4.58. The van der Waals surface area contributed by atoms with E-state index >= 15 is 0 Å². The van der Waals surface area contributed by atoms with E-state index in [1.807, 2.05) is 60.7 Å². The first-order valence-electron chi connectivity index (χ1n) is 20.3. The molecule has 4 aromatic carbocycles. The maximum atomic E-state index is 14.9. The number of aliphatic imine (C=N–C) groups is 2. The van der Waals surface area contributed by atoms with Crippen LogP contribution >= 0.6 is 23.5 Å². The third kappa shape index (κ3) is 13.7. The number of carbonyl (C=O) groups excluding carboxylic acids is 2. The second-order valence-corrected chi connectivity index (χ2v) is 19.3. The van der Waals surface area contributed by atoms with Crippen LogP contribution in [-0.4, -0.2) is 62.4 Å². The number of non-ortho nitro benzene ring substituents is 1. The maximum absolute atomic E-state index is 14.9. The third-order valence-electron chi connectivity index (χ3n) is 9.71. The minimum absolute atomic E-state index is 0.0125. The molecule has 18 heteroatoms. The van der Waals surface area contributed by atoms with Gasteiger partial charge in [0.1, 0.15) is 33.9 Å². The lowest BCUT2D eigenvalue weighted by Gasteiger charge is -2.38. The van der Waals surface area contributed by atoms with Gasteiger partial charge in [-0.2, -0.15) is 0 Å². The van der Waals surface area contributed by atoms with E-state index < -0.39 is 63.2 Å². The van der Waals surface area contributed by atoms with Crippen LogP contribution < -0.4 is 16.4 Å². The Balaban J connectivity index is 0.000000241. The number of nitrogens with one attached hydrogen (secondary N) is 2. The number of nitro groups is 1. The average Bonchev–Trinajstić information content (AvgIpc) is 3.20. The summed E-state index contributed by atoms with van der Waals surface area (Å²) in [6, 6.07) is 26.9. The van der Waals surface area contributed by atoms with Crippen molar-refractivity contribution in [2.45, 2.75) is 103 Å². The van der Waals surface area contributed by atoms with Crippen molar-refractivity contribution in [3.05, 3.63) is 141 Å². The largest absolute Gasteiger partial charge is 0.444 e. The zero-order valence-corrected chi connectivity index (χ0v) is 38.6. The number of halogens is 2.